The van der Waals surface area contributed by atoms with E-state index in [1.807, 2.05) is 6.92 Å². The van der Waals surface area contributed by atoms with Gasteiger partial charge >= 0.3 is 0 Å². The van der Waals surface area contributed by atoms with Crippen LogP contribution in [-0.2, 0) is 4.74 Å². The summed E-state index contributed by atoms with van der Waals surface area (Å²) in [6, 6.07) is 0. The lowest BCUT2D eigenvalue weighted by Gasteiger charge is -2.47. The van der Waals surface area contributed by atoms with Crippen LogP contribution in [0, 0.1) is 17.8 Å². The number of nitrogens with one attached hydrogen (secondary N) is 1. The first-order chi connectivity index (χ1) is 8.28. The summed E-state index contributed by atoms with van der Waals surface area (Å²) in [6.45, 7) is 5.57. The van der Waals surface area contributed by atoms with Gasteiger partial charge in [0.15, 0.2) is 0 Å². The van der Waals surface area contributed by atoms with Gasteiger partial charge in [0.05, 0.1) is 25.6 Å². The van der Waals surface area contributed by atoms with E-state index in [9.17, 15) is 4.39 Å². The lowest BCUT2D eigenvalue weighted by Crippen LogP contribution is -2.57. The molecule has 2 unspecified atom stereocenters. The first-order valence-electron chi connectivity index (χ1n) is 6.30. The molecule has 4 heteroatoms. The Morgan fingerprint density at radius 3 is 3.12 bits per heavy atom. The molecule has 2 atom stereocenters. The highest BCUT2D eigenvalue weighted by atomic mass is 19.1. The Labute approximate surface area is 103 Å². The Kier molecular flexibility index (Phi) is 4.38. The predicted octanol–water partition coefficient (Wildman–Crippen LogP) is 1.01. The smallest absolute Gasteiger partial charge is 0.0973 e. The van der Waals surface area contributed by atoms with E-state index >= 15 is 0 Å². The third-order valence-corrected chi connectivity index (χ3v) is 3.62. The van der Waals surface area contributed by atoms with E-state index in [-0.39, 0.29) is 18.2 Å². The van der Waals surface area contributed by atoms with Crippen LogP contribution in [0.4, 0.5) is 4.39 Å². The van der Waals surface area contributed by atoms with Crippen LogP contribution in [0.3, 0.4) is 0 Å². The van der Waals surface area contributed by atoms with Gasteiger partial charge in [0.1, 0.15) is 0 Å². The second kappa shape index (κ2) is 5.81. The Morgan fingerprint density at radius 1 is 1.59 bits per heavy atom. The minimum atomic E-state index is -0.255. The maximum absolute atomic E-state index is 13.0. The normalized spacial score (nSPS) is 34.4. The zero-order valence-corrected chi connectivity index (χ0v) is 10.5. The Hall–Kier alpha value is -0.630. The molecular weight excluding hydrogens is 219 g/mol. The zero-order valence-electron chi connectivity index (χ0n) is 10.5. The SMILES string of the molecule is CC#CCN1CC(CF)CC2(CCNCO2)C1. The van der Waals surface area contributed by atoms with Crippen LogP contribution in [0.5, 0.6) is 0 Å². The molecule has 96 valence electrons. The molecule has 2 aliphatic rings. The van der Waals surface area contributed by atoms with E-state index < -0.39 is 0 Å². The van der Waals surface area contributed by atoms with Crippen molar-refractivity contribution in [1.29, 1.82) is 0 Å². The molecule has 17 heavy (non-hydrogen) atoms. The average Bonchev–Trinajstić information content (AvgIpc) is 2.36. The molecule has 1 N–H and O–H groups in total. The number of piperidine rings is 1. The number of hydrogen-bond acceptors (Lipinski definition) is 3. The van der Waals surface area contributed by atoms with Crippen LogP contribution in [0.25, 0.3) is 0 Å². The third kappa shape index (κ3) is 3.19. The van der Waals surface area contributed by atoms with Gasteiger partial charge < -0.3 is 4.74 Å². The monoisotopic (exact) mass is 240 g/mol. The van der Waals surface area contributed by atoms with E-state index in [1.165, 1.54) is 0 Å². The molecule has 0 aromatic rings. The number of nitrogens with zero attached hydrogens (tertiary/aromatic N) is 1. The largest absolute Gasteiger partial charge is 0.358 e. The summed E-state index contributed by atoms with van der Waals surface area (Å²) in [7, 11) is 0. The maximum atomic E-state index is 13.0. The molecule has 0 aromatic heterocycles. The number of likely N-dealkylation sites (tertiary alicyclic amines) is 1. The molecule has 2 fully saturated rings. The number of alkyl halides is 1. The number of halogens is 1. The maximum Gasteiger partial charge on any atom is 0.0973 e. The van der Waals surface area contributed by atoms with Crippen molar-refractivity contribution in [2.45, 2.75) is 25.4 Å². The van der Waals surface area contributed by atoms with Crippen molar-refractivity contribution in [2.75, 3.05) is 39.6 Å². The van der Waals surface area contributed by atoms with Crippen LogP contribution in [0.2, 0.25) is 0 Å². The fourth-order valence-corrected chi connectivity index (χ4v) is 2.86. The van der Waals surface area contributed by atoms with Crippen molar-refractivity contribution in [1.82, 2.24) is 10.2 Å². The van der Waals surface area contributed by atoms with Crippen LogP contribution < -0.4 is 5.32 Å². The second-order valence-electron chi connectivity index (χ2n) is 5.04. The Balaban J connectivity index is 2.02. The van der Waals surface area contributed by atoms with Gasteiger partial charge in [0.2, 0.25) is 0 Å². The molecule has 0 amide bonds. The van der Waals surface area contributed by atoms with Crippen LogP contribution in [0.1, 0.15) is 19.8 Å². The molecule has 2 aliphatic heterocycles. The van der Waals surface area contributed by atoms with E-state index in [1.54, 1.807) is 0 Å². The summed E-state index contributed by atoms with van der Waals surface area (Å²) in [4.78, 5) is 2.23. The van der Waals surface area contributed by atoms with E-state index in [0.717, 1.165) is 39.0 Å². The van der Waals surface area contributed by atoms with E-state index in [0.29, 0.717) is 6.73 Å². The summed E-state index contributed by atoms with van der Waals surface area (Å²) < 4.78 is 18.9. The Morgan fingerprint density at radius 2 is 2.47 bits per heavy atom. The topological polar surface area (TPSA) is 24.5 Å². The fourth-order valence-electron chi connectivity index (χ4n) is 2.86. The first-order valence-corrected chi connectivity index (χ1v) is 6.30. The lowest BCUT2D eigenvalue weighted by molar-refractivity contribution is -0.133. The highest BCUT2D eigenvalue weighted by molar-refractivity contribution is 5.02. The molecule has 3 nitrogen and oxygen atoms in total. The molecule has 1 spiro atoms. The predicted molar refractivity (Wildman–Crippen MR) is 65.3 cm³/mol. The van der Waals surface area contributed by atoms with Crippen molar-refractivity contribution < 1.29 is 9.13 Å². The summed E-state index contributed by atoms with van der Waals surface area (Å²) in [6.07, 6.45) is 1.82. The van der Waals surface area contributed by atoms with E-state index in [4.69, 9.17) is 4.74 Å². The molecule has 0 aromatic carbocycles. The molecule has 0 aliphatic carbocycles. The van der Waals surface area contributed by atoms with Gasteiger partial charge in [0.25, 0.3) is 0 Å². The summed E-state index contributed by atoms with van der Waals surface area (Å²) in [5.74, 6) is 6.07. The highest BCUT2D eigenvalue weighted by Gasteiger charge is 2.41. The molecule has 2 rings (SSSR count). The molecule has 0 bridgehead atoms. The summed E-state index contributed by atoms with van der Waals surface area (Å²) in [5.41, 5.74) is -0.143. The molecule has 0 saturated carbocycles. The number of hydrogen-bond donors (Lipinski definition) is 1. The molecule has 0 radical (unpaired) electrons. The average molecular weight is 240 g/mol. The van der Waals surface area contributed by atoms with Crippen molar-refractivity contribution >= 4 is 0 Å². The minimum Gasteiger partial charge on any atom is -0.358 e. The van der Waals surface area contributed by atoms with Gasteiger partial charge in [-0.1, -0.05) is 5.92 Å². The second-order valence-corrected chi connectivity index (χ2v) is 5.04. The number of rotatable bonds is 2. The Bertz CT molecular complexity index is 304. The summed E-state index contributed by atoms with van der Waals surface area (Å²) in [5, 5.41) is 3.18. The van der Waals surface area contributed by atoms with Crippen LogP contribution in [0.15, 0.2) is 0 Å². The van der Waals surface area contributed by atoms with Crippen molar-refractivity contribution in [3.05, 3.63) is 0 Å². The van der Waals surface area contributed by atoms with Crippen molar-refractivity contribution in [3.63, 3.8) is 0 Å². The van der Waals surface area contributed by atoms with Gasteiger partial charge in [-0.3, -0.25) is 14.6 Å². The number of ether oxygens (including phenoxy) is 1. The molecule has 2 saturated heterocycles. The third-order valence-electron chi connectivity index (χ3n) is 3.62. The summed E-state index contributed by atoms with van der Waals surface area (Å²) >= 11 is 0. The minimum absolute atomic E-state index is 0.0977. The van der Waals surface area contributed by atoms with Crippen LogP contribution in [-0.4, -0.2) is 50.1 Å². The van der Waals surface area contributed by atoms with Crippen LogP contribution >= 0.6 is 0 Å². The standard InChI is InChI=1S/C13H21FN2O/c1-2-3-6-16-9-12(8-14)7-13(10-16)4-5-15-11-17-13/h12,15H,4-11H2,1H3. The van der Waals surface area contributed by atoms with Crippen molar-refractivity contribution in [3.8, 4) is 11.8 Å². The highest BCUT2D eigenvalue weighted by Crippen LogP contribution is 2.33. The van der Waals surface area contributed by atoms with Gasteiger partial charge in [0, 0.05) is 25.6 Å². The fraction of sp³-hybridized carbons (Fsp3) is 0.846. The lowest BCUT2D eigenvalue weighted by atomic mass is 9.83. The van der Waals surface area contributed by atoms with Gasteiger partial charge in [-0.2, -0.15) is 0 Å². The first kappa shape index (κ1) is 12.8. The van der Waals surface area contributed by atoms with Gasteiger partial charge in [-0.15, -0.1) is 5.92 Å². The van der Waals surface area contributed by atoms with Gasteiger partial charge in [-0.25, -0.2) is 0 Å². The van der Waals surface area contributed by atoms with E-state index in [2.05, 4.69) is 22.1 Å². The zero-order chi connectivity index (χ0) is 12.1. The molecule has 2 heterocycles. The van der Waals surface area contributed by atoms with Gasteiger partial charge in [-0.05, 0) is 19.8 Å². The van der Waals surface area contributed by atoms with Crippen molar-refractivity contribution in [2.24, 2.45) is 5.92 Å². The quantitative estimate of drug-likeness (QED) is 0.729. The molecular formula is C13H21FN2O.